The van der Waals surface area contributed by atoms with Gasteiger partial charge in [0, 0.05) is 11.1 Å². The first-order valence-corrected chi connectivity index (χ1v) is 9.65. The van der Waals surface area contributed by atoms with Gasteiger partial charge in [-0.3, -0.25) is 0 Å². The highest BCUT2D eigenvalue weighted by Gasteiger charge is 2.51. The molecule has 2 saturated heterocycles. The minimum Gasteiger partial charge on any atom is -0.388 e. The minimum atomic E-state index is -1.70. The van der Waals surface area contributed by atoms with Crippen molar-refractivity contribution in [3.63, 3.8) is 0 Å². The van der Waals surface area contributed by atoms with Crippen molar-refractivity contribution in [2.24, 2.45) is 0 Å². The topological polar surface area (TPSA) is 77.4 Å². The van der Waals surface area contributed by atoms with Gasteiger partial charge in [0.1, 0.15) is 24.4 Å². The molecule has 2 fully saturated rings. The molecule has 2 N–H and O–H groups in total. The number of hydrogen-bond acceptors (Lipinski definition) is 6. The number of fused-ring (bicyclic) bond motifs is 2. The van der Waals surface area contributed by atoms with Crippen LogP contribution < -0.4 is 0 Å². The number of alkyl halides is 2. The van der Waals surface area contributed by atoms with E-state index in [1.54, 1.807) is 48.5 Å². The maximum atomic E-state index is 10.8. The van der Waals surface area contributed by atoms with Crippen molar-refractivity contribution in [1.29, 1.82) is 0 Å². The van der Waals surface area contributed by atoms with E-state index in [0.717, 1.165) is 0 Å². The van der Waals surface area contributed by atoms with Crippen LogP contribution >= 0.6 is 23.2 Å². The number of aliphatic hydroxyl groups excluding tert-OH is 2. The monoisotopic (exact) mass is 426 g/mol. The van der Waals surface area contributed by atoms with Gasteiger partial charge < -0.3 is 29.2 Å². The Morgan fingerprint density at radius 1 is 0.750 bits per heavy atom. The van der Waals surface area contributed by atoms with Crippen LogP contribution in [0.15, 0.2) is 60.7 Å². The molecule has 2 heterocycles. The fraction of sp³-hybridized carbons (Fsp3) is 0.400. The Balaban J connectivity index is 1.67. The molecule has 0 amide bonds. The lowest BCUT2D eigenvalue weighted by Crippen LogP contribution is -2.54. The largest absolute Gasteiger partial charge is 0.388 e. The third-order valence-corrected chi connectivity index (χ3v) is 5.63. The lowest BCUT2D eigenvalue weighted by atomic mass is 10.0. The second kappa shape index (κ2) is 7.89. The van der Waals surface area contributed by atoms with E-state index in [1.165, 1.54) is 0 Å². The molecule has 2 aliphatic heterocycles. The third kappa shape index (κ3) is 3.79. The van der Waals surface area contributed by atoms with Crippen LogP contribution in [0.25, 0.3) is 0 Å². The first kappa shape index (κ1) is 20.1. The molecule has 0 spiro atoms. The summed E-state index contributed by atoms with van der Waals surface area (Å²) in [5, 5.41) is 18.1. The van der Waals surface area contributed by atoms with Crippen LogP contribution in [0.4, 0.5) is 0 Å². The van der Waals surface area contributed by atoms with Crippen molar-refractivity contribution in [3.8, 4) is 0 Å². The summed E-state index contributed by atoms with van der Waals surface area (Å²) in [4.78, 5) is 0. The standard InChI is InChI=1S/C20H20Cl2O6/c21-19(13-7-3-1-4-8-13)25-11-15(23)18-17(24)16(27-19)12-26-20(22,28-18)14-9-5-2-6-10-14/h1-10,15-18,23-24H,11-12H2/t15-,16+,17-,18-,19?,20?/m1/s1. The van der Waals surface area contributed by atoms with Crippen LogP contribution in [0.2, 0.25) is 0 Å². The molecule has 8 heteroatoms. The average Bonchev–Trinajstić information content (AvgIpc) is 2.86. The molecule has 0 radical (unpaired) electrons. The lowest BCUT2D eigenvalue weighted by molar-refractivity contribution is -0.276. The molecular weight excluding hydrogens is 407 g/mol. The lowest BCUT2D eigenvalue weighted by Gasteiger charge is -2.39. The summed E-state index contributed by atoms with van der Waals surface area (Å²) in [6.07, 6.45) is -4.53. The zero-order valence-electron chi connectivity index (χ0n) is 14.8. The van der Waals surface area contributed by atoms with Crippen LogP contribution in [0.1, 0.15) is 11.1 Å². The van der Waals surface area contributed by atoms with Gasteiger partial charge in [-0.25, -0.2) is 0 Å². The van der Waals surface area contributed by atoms with Gasteiger partial charge in [0.05, 0.1) is 13.2 Å². The smallest absolute Gasteiger partial charge is 0.276 e. The Kier molecular flexibility index (Phi) is 5.66. The zero-order valence-corrected chi connectivity index (χ0v) is 16.3. The quantitative estimate of drug-likeness (QED) is 0.718. The fourth-order valence-corrected chi connectivity index (χ4v) is 3.88. The van der Waals surface area contributed by atoms with Crippen LogP contribution in [0.3, 0.4) is 0 Å². The SMILES string of the molecule is O[C@H]1[C@@H]2OC(Cl)(c3ccccc3)OC[C@@H]1OC(Cl)(c1ccccc1)OC[C@H]2O. The van der Waals surface area contributed by atoms with E-state index in [9.17, 15) is 10.2 Å². The van der Waals surface area contributed by atoms with Gasteiger partial charge in [0.2, 0.25) is 0 Å². The van der Waals surface area contributed by atoms with Gasteiger partial charge >= 0.3 is 0 Å². The van der Waals surface area contributed by atoms with Crippen molar-refractivity contribution < 1.29 is 29.2 Å². The first-order valence-electron chi connectivity index (χ1n) is 8.90. The van der Waals surface area contributed by atoms with E-state index in [-0.39, 0.29) is 13.2 Å². The normalized spacial score (nSPS) is 38.9. The number of halogens is 2. The van der Waals surface area contributed by atoms with Gasteiger partial charge in [-0.15, -0.1) is 0 Å². The van der Waals surface area contributed by atoms with E-state index < -0.39 is 34.9 Å². The van der Waals surface area contributed by atoms with Crippen LogP contribution in [-0.2, 0) is 29.4 Å². The van der Waals surface area contributed by atoms with Crippen LogP contribution in [0.5, 0.6) is 0 Å². The van der Waals surface area contributed by atoms with Gasteiger partial charge in [-0.1, -0.05) is 83.9 Å². The molecule has 2 unspecified atom stereocenters. The molecule has 6 nitrogen and oxygen atoms in total. The Morgan fingerprint density at radius 2 is 1.25 bits per heavy atom. The van der Waals surface area contributed by atoms with E-state index in [2.05, 4.69) is 0 Å². The van der Waals surface area contributed by atoms with E-state index in [0.29, 0.717) is 11.1 Å². The van der Waals surface area contributed by atoms with Gasteiger partial charge in [-0.2, -0.15) is 0 Å². The van der Waals surface area contributed by atoms with Crippen LogP contribution in [-0.4, -0.2) is 47.8 Å². The maximum absolute atomic E-state index is 10.8. The van der Waals surface area contributed by atoms with E-state index in [1.807, 2.05) is 12.1 Å². The first-order chi connectivity index (χ1) is 13.4. The van der Waals surface area contributed by atoms with E-state index in [4.69, 9.17) is 42.1 Å². The molecule has 2 aliphatic rings. The fourth-order valence-electron chi connectivity index (χ4n) is 3.28. The number of rotatable bonds is 2. The van der Waals surface area contributed by atoms with Crippen molar-refractivity contribution >= 4 is 23.2 Å². The third-order valence-electron chi connectivity index (χ3n) is 4.80. The molecule has 6 atom stereocenters. The number of aliphatic hydroxyl groups is 2. The summed E-state index contributed by atoms with van der Waals surface area (Å²) in [6.45, 7) is -0.373. The van der Waals surface area contributed by atoms with Crippen LogP contribution in [0, 0.1) is 0 Å². The molecular formula is C20H20Cl2O6. The molecule has 28 heavy (non-hydrogen) atoms. The maximum Gasteiger partial charge on any atom is 0.276 e. The predicted octanol–water partition coefficient (Wildman–Crippen LogP) is 2.64. The Hall–Kier alpha value is -1.22. The molecule has 2 aromatic rings. The number of benzene rings is 2. The summed E-state index contributed by atoms with van der Waals surface area (Å²) in [7, 11) is 0. The van der Waals surface area contributed by atoms with Crippen molar-refractivity contribution in [2.75, 3.05) is 13.2 Å². The minimum absolute atomic E-state index is 0.132. The molecule has 0 aliphatic carbocycles. The highest BCUT2D eigenvalue weighted by Crippen LogP contribution is 2.42. The van der Waals surface area contributed by atoms with Gasteiger partial charge in [-0.05, 0) is 0 Å². The molecule has 4 rings (SSSR count). The second-order valence-corrected chi connectivity index (χ2v) is 7.72. The van der Waals surface area contributed by atoms with E-state index >= 15 is 0 Å². The van der Waals surface area contributed by atoms with Crippen molar-refractivity contribution in [1.82, 2.24) is 0 Å². The molecule has 2 bridgehead atoms. The highest BCUT2D eigenvalue weighted by atomic mass is 35.5. The summed E-state index contributed by atoms with van der Waals surface area (Å²) >= 11 is 13.2. The Bertz CT molecular complexity index is 754. The van der Waals surface area contributed by atoms with Crippen molar-refractivity contribution in [3.05, 3.63) is 71.8 Å². The number of ether oxygens (including phenoxy) is 4. The summed E-state index contributed by atoms with van der Waals surface area (Å²) in [5.74, 6) is 0. The van der Waals surface area contributed by atoms with Gasteiger partial charge in [0.25, 0.3) is 10.5 Å². The molecule has 0 saturated carbocycles. The summed E-state index contributed by atoms with van der Waals surface area (Å²) in [6, 6.07) is 17.7. The molecule has 150 valence electrons. The molecule has 0 aromatic heterocycles. The summed E-state index contributed by atoms with van der Waals surface area (Å²) < 4.78 is 23.2. The Labute approximate surface area is 172 Å². The highest BCUT2D eigenvalue weighted by molar-refractivity contribution is 6.22. The van der Waals surface area contributed by atoms with Crippen molar-refractivity contribution in [2.45, 2.75) is 34.9 Å². The zero-order chi connectivity index (χ0) is 19.8. The molecule has 2 aromatic carbocycles. The predicted molar refractivity (Wildman–Crippen MR) is 102 cm³/mol. The van der Waals surface area contributed by atoms with Gasteiger partial charge in [0.15, 0.2) is 0 Å². The Morgan fingerprint density at radius 3 is 1.82 bits per heavy atom. The number of hydrogen-bond donors (Lipinski definition) is 2. The second-order valence-electron chi connectivity index (χ2n) is 6.72. The average molecular weight is 427 g/mol. The summed E-state index contributed by atoms with van der Waals surface area (Å²) in [5.41, 5.74) is 1.06.